The zero-order valence-electron chi connectivity index (χ0n) is 12.4. The van der Waals surface area contributed by atoms with Crippen LogP contribution in [0.2, 0.25) is 0 Å². The Morgan fingerprint density at radius 3 is 2.52 bits per heavy atom. The number of benzene rings is 1. The van der Waals surface area contributed by atoms with Crippen LogP contribution in [0.3, 0.4) is 0 Å². The third-order valence-corrected chi connectivity index (χ3v) is 3.54. The number of hydrogen-bond acceptors (Lipinski definition) is 2. The Kier molecular flexibility index (Phi) is 8.13. The van der Waals surface area contributed by atoms with E-state index in [4.69, 9.17) is 5.26 Å². The predicted molar refractivity (Wildman–Crippen MR) is 96.8 cm³/mol. The van der Waals surface area contributed by atoms with E-state index in [-0.39, 0.29) is 24.0 Å². The van der Waals surface area contributed by atoms with E-state index in [2.05, 4.69) is 28.6 Å². The highest BCUT2D eigenvalue weighted by Gasteiger charge is 2.15. The first-order chi connectivity index (χ1) is 9.81. The van der Waals surface area contributed by atoms with Crippen LogP contribution in [0.15, 0.2) is 29.3 Å². The third-order valence-electron chi connectivity index (χ3n) is 3.54. The highest BCUT2D eigenvalue weighted by atomic mass is 127. The summed E-state index contributed by atoms with van der Waals surface area (Å²) in [5, 5.41) is 15.6. The summed E-state index contributed by atoms with van der Waals surface area (Å²) in [6.45, 7) is 3.58. The van der Waals surface area contributed by atoms with Crippen LogP contribution in [-0.4, -0.2) is 18.5 Å². The summed E-state index contributed by atoms with van der Waals surface area (Å²) in [5.74, 6) is 0.892. The minimum atomic E-state index is 0. The Morgan fingerprint density at radius 1 is 1.29 bits per heavy atom. The highest BCUT2D eigenvalue weighted by molar-refractivity contribution is 14.0. The van der Waals surface area contributed by atoms with Crippen molar-refractivity contribution >= 4 is 29.9 Å². The van der Waals surface area contributed by atoms with Gasteiger partial charge in [-0.2, -0.15) is 5.26 Å². The fraction of sp³-hybridized carbons (Fsp3) is 0.500. The third kappa shape index (κ3) is 5.92. The van der Waals surface area contributed by atoms with Gasteiger partial charge >= 0.3 is 0 Å². The summed E-state index contributed by atoms with van der Waals surface area (Å²) < 4.78 is 0. The van der Waals surface area contributed by atoms with Crippen LogP contribution in [-0.2, 0) is 6.54 Å². The second-order valence-corrected chi connectivity index (χ2v) is 5.13. The van der Waals surface area contributed by atoms with E-state index in [1.807, 2.05) is 24.3 Å². The molecule has 0 spiro atoms. The Morgan fingerprint density at radius 2 is 1.95 bits per heavy atom. The van der Waals surface area contributed by atoms with E-state index >= 15 is 0 Å². The van der Waals surface area contributed by atoms with Gasteiger partial charge in [0.25, 0.3) is 0 Å². The highest BCUT2D eigenvalue weighted by Crippen LogP contribution is 2.17. The molecule has 0 heterocycles. The molecule has 5 heteroatoms. The monoisotopic (exact) mass is 398 g/mol. The molecule has 1 saturated carbocycles. The molecular weight excluding hydrogens is 375 g/mol. The molecule has 0 atom stereocenters. The number of nitriles is 1. The molecule has 1 aliphatic carbocycles. The number of halogens is 1. The lowest BCUT2D eigenvalue weighted by molar-refractivity contribution is 0.614. The SMILES string of the molecule is CCNC(=NCc1ccc(C#N)cc1)NC1CCCC1.I. The average Bonchev–Trinajstić information content (AvgIpc) is 2.98. The summed E-state index contributed by atoms with van der Waals surface area (Å²) >= 11 is 0. The lowest BCUT2D eigenvalue weighted by atomic mass is 10.1. The molecule has 1 aromatic rings. The minimum Gasteiger partial charge on any atom is -0.357 e. The van der Waals surface area contributed by atoms with Crippen LogP contribution in [0.5, 0.6) is 0 Å². The molecule has 114 valence electrons. The number of nitrogens with one attached hydrogen (secondary N) is 2. The van der Waals surface area contributed by atoms with Crippen LogP contribution in [0.4, 0.5) is 0 Å². The topological polar surface area (TPSA) is 60.2 Å². The van der Waals surface area contributed by atoms with Crippen molar-refractivity contribution in [2.45, 2.75) is 45.2 Å². The molecule has 4 nitrogen and oxygen atoms in total. The second kappa shape index (κ2) is 9.61. The number of hydrogen-bond donors (Lipinski definition) is 2. The van der Waals surface area contributed by atoms with Gasteiger partial charge in [-0.25, -0.2) is 4.99 Å². The number of rotatable bonds is 4. The standard InChI is InChI=1S/C16H22N4.HI/c1-2-18-16(20-15-5-3-4-6-15)19-12-14-9-7-13(11-17)8-10-14;/h7-10,15H,2-6,12H2,1H3,(H2,18,19,20);1H. The predicted octanol–water partition coefficient (Wildman–Crippen LogP) is 3.17. The minimum absolute atomic E-state index is 0. The summed E-state index contributed by atoms with van der Waals surface area (Å²) in [7, 11) is 0. The van der Waals surface area contributed by atoms with Gasteiger partial charge in [0, 0.05) is 12.6 Å². The van der Waals surface area contributed by atoms with E-state index < -0.39 is 0 Å². The van der Waals surface area contributed by atoms with Crippen LogP contribution < -0.4 is 10.6 Å². The van der Waals surface area contributed by atoms with Gasteiger partial charge in [-0.15, -0.1) is 24.0 Å². The van der Waals surface area contributed by atoms with E-state index in [1.54, 1.807) is 0 Å². The van der Waals surface area contributed by atoms with E-state index in [0.29, 0.717) is 18.2 Å². The van der Waals surface area contributed by atoms with E-state index in [1.165, 1.54) is 25.7 Å². The second-order valence-electron chi connectivity index (χ2n) is 5.13. The van der Waals surface area contributed by atoms with Crippen LogP contribution in [0.25, 0.3) is 0 Å². The Hall–Kier alpha value is -1.29. The van der Waals surface area contributed by atoms with Gasteiger partial charge in [-0.3, -0.25) is 0 Å². The molecule has 2 rings (SSSR count). The zero-order valence-corrected chi connectivity index (χ0v) is 14.8. The van der Waals surface area contributed by atoms with E-state index in [0.717, 1.165) is 18.1 Å². The molecule has 2 N–H and O–H groups in total. The van der Waals surface area contributed by atoms with E-state index in [9.17, 15) is 0 Å². The first-order valence-electron chi connectivity index (χ1n) is 7.35. The first-order valence-corrected chi connectivity index (χ1v) is 7.35. The Labute approximate surface area is 144 Å². The normalized spacial score (nSPS) is 15.1. The van der Waals surface area contributed by atoms with Crippen molar-refractivity contribution in [1.29, 1.82) is 5.26 Å². The maximum absolute atomic E-state index is 8.78. The van der Waals surface area contributed by atoms with Crippen LogP contribution >= 0.6 is 24.0 Å². The zero-order chi connectivity index (χ0) is 14.2. The molecule has 0 saturated heterocycles. The van der Waals surface area contributed by atoms with Crippen molar-refractivity contribution in [3.63, 3.8) is 0 Å². The van der Waals surface area contributed by atoms with Crippen molar-refractivity contribution in [3.05, 3.63) is 35.4 Å². The molecule has 0 aliphatic heterocycles. The fourth-order valence-corrected chi connectivity index (χ4v) is 2.44. The van der Waals surface area contributed by atoms with Crippen molar-refractivity contribution in [2.75, 3.05) is 6.54 Å². The number of nitrogens with zero attached hydrogens (tertiary/aromatic N) is 2. The molecule has 0 unspecified atom stereocenters. The first kappa shape index (κ1) is 17.8. The molecule has 0 amide bonds. The number of aliphatic imine (C=N–C) groups is 1. The van der Waals surface area contributed by atoms with Gasteiger partial charge in [0.15, 0.2) is 5.96 Å². The van der Waals surface area contributed by atoms with Gasteiger partial charge in [0.05, 0.1) is 18.2 Å². The lowest BCUT2D eigenvalue weighted by Gasteiger charge is -2.16. The molecule has 1 aliphatic rings. The van der Waals surface area contributed by atoms with Crippen molar-refractivity contribution in [1.82, 2.24) is 10.6 Å². The van der Waals surface area contributed by atoms with Gasteiger partial charge in [-0.05, 0) is 37.5 Å². The smallest absolute Gasteiger partial charge is 0.191 e. The average molecular weight is 398 g/mol. The largest absolute Gasteiger partial charge is 0.357 e. The quantitative estimate of drug-likeness (QED) is 0.465. The molecule has 1 aromatic carbocycles. The summed E-state index contributed by atoms with van der Waals surface area (Å²) in [6.07, 6.45) is 5.10. The fourth-order valence-electron chi connectivity index (χ4n) is 2.44. The van der Waals surface area contributed by atoms with Gasteiger partial charge in [0.1, 0.15) is 0 Å². The number of guanidine groups is 1. The summed E-state index contributed by atoms with van der Waals surface area (Å²) in [5.41, 5.74) is 1.81. The lowest BCUT2D eigenvalue weighted by Crippen LogP contribution is -2.42. The molecule has 0 aromatic heterocycles. The van der Waals surface area contributed by atoms with Gasteiger partial charge in [0.2, 0.25) is 0 Å². The van der Waals surface area contributed by atoms with Crippen molar-refractivity contribution < 1.29 is 0 Å². The van der Waals surface area contributed by atoms with Crippen LogP contribution in [0.1, 0.15) is 43.7 Å². The summed E-state index contributed by atoms with van der Waals surface area (Å²) in [6, 6.07) is 10.3. The van der Waals surface area contributed by atoms with Gasteiger partial charge < -0.3 is 10.6 Å². The molecule has 21 heavy (non-hydrogen) atoms. The Bertz CT molecular complexity index is 484. The van der Waals surface area contributed by atoms with Gasteiger partial charge in [-0.1, -0.05) is 25.0 Å². The van der Waals surface area contributed by atoms with Crippen LogP contribution in [0, 0.1) is 11.3 Å². The maximum Gasteiger partial charge on any atom is 0.191 e. The molecule has 1 fully saturated rings. The Balaban J connectivity index is 0.00000220. The summed E-state index contributed by atoms with van der Waals surface area (Å²) in [4.78, 5) is 4.61. The maximum atomic E-state index is 8.78. The molecule has 0 bridgehead atoms. The molecule has 0 radical (unpaired) electrons. The van der Waals surface area contributed by atoms with Crippen molar-refractivity contribution in [2.24, 2.45) is 4.99 Å². The molecular formula is C16H23IN4. The van der Waals surface area contributed by atoms with Crippen molar-refractivity contribution in [3.8, 4) is 6.07 Å².